The summed E-state index contributed by atoms with van der Waals surface area (Å²) in [5.41, 5.74) is 1.00. The van der Waals surface area contributed by atoms with Gasteiger partial charge in [-0.15, -0.1) is 0 Å². The van der Waals surface area contributed by atoms with E-state index in [0.717, 1.165) is 5.92 Å². The Kier molecular flexibility index (Phi) is 4.24. The third kappa shape index (κ3) is 3.10. The lowest BCUT2D eigenvalue weighted by Crippen LogP contribution is -2.15. The van der Waals surface area contributed by atoms with Crippen LogP contribution in [0.25, 0.3) is 11.0 Å². The summed E-state index contributed by atoms with van der Waals surface area (Å²) in [5, 5.41) is 10.8. The normalized spacial score (nSPS) is 22.5. The molecule has 0 spiro atoms. The van der Waals surface area contributed by atoms with Crippen LogP contribution in [0.5, 0.6) is 0 Å². The van der Waals surface area contributed by atoms with Gasteiger partial charge in [-0.1, -0.05) is 38.0 Å². The Morgan fingerprint density at radius 2 is 2.19 bits per heavy atom. The number of hydrogen-bond acceptors (Lipinski definition) is 3. The quantitative estimate of drug-likeness (QED) is 0.869. The summed E-state index contributed by atoms with van der Waals surface area (Å²) >= 11 is 1.84. The molecule has 2 unspecified atom stereocenters. The molecule has 3 rings (SSSR count). The maximum atomic E-state index is 11.5. The van der Waals surface area contributed by atoms with Crippen LogP contribution in [0.2, 0.25) is 0 Å². The summed E-state index contributed by atoms with van der Waals surface area (Å²) in [6, 6.07) is 7.37. The van der Waals surface area contributed by atoms with Gasteiger partial charge in [0.1, 0.15) is 16.9 Å². The first-order valence-corrected chi connectivity index (χ1v) is 8.55. The second kappa shape index (κ2) is 6.14. The summed E-state index contributed by atoms with van der Waals surface area (Å²) in [5.74, 6) is 1.14. The average Bonchev–Trinajstić information content (AvgIpc) is 2.83. The Balaban J connectivity index is 1.80. The highest BCUT2D eigenvalue weighted by molar-refractivity contribution is 7.99. The van der Waals surface area contributed by atoms with Crippen molar-refractivity contribution in [3.8, 4) is 0 Å². The van der Waals surface area contributed by atoms with Crippen LogP contribution in [-0.4, -0.2) is 16.3 Å². The molecule has 0 amide bonds. The first kappa shape index (κ1) is 14.5. The summed E-state index contributed by atoms with van der Waals surface area (Å²) in [6.07, 6.45) is 5.07. The molecule has 1 fully saturated rings. The maximum absolute atomic E-state index is 11.5. The Morgan fingerprint density at radius 3 is 2.95 bits per heavy atom. The van der Waals surface area contributed by atoms with Crippen LogP contribution < -0.4 is 0 Å². The molecule has 4 heteroatoms. The van der Waals surface area contributed by atoms with Gasteiger partial charge >= 0.3 is 5.97 Å². The van der Waals surface area contributed by atoms with E-state index in [9.17, 15) is 9.90 Å². The smallest absolute Gasteiger partial charge is 0.339 e. The van der Waals surface area contributed by atoms with E-state index in [1.165, 1.54) is 25.7 Å². The predicted octanol–water partition coefficient (Wildman–Crippen LogP) is 4.94. The van der Waals surface area contributed by atoms with Gasteiger partial charge < -0.3 is 9.52 Å². The number of aromatic carboxylic acids is 1. The zero-order chi connectivity index (χ0) is 14.8. The van der Waals surface area contributed by atoms with Gasteiger partial charge in [0.2, 0.25) is 0 Å². The van der Waals surface area contributed by atoms with Crippen LogP contribution in [0.3, 0.4) is 0 Å². The van der Waals surface area contributed by atoms with Crippen molar-refractivity contribution < 1.29 is 14.3 Å². The van der Waals surface area contributed by atoms with E-state index < -0.39 is 5.97 Å². The lowest BCUT2D eigenvalue weighted by atomic mass is 9.91. The fourth-order valence-corrected chi connectivity index (χ4v) is 4.54. The molecule has 1 N–H and O–H groups in total. The van der Waals surface area contributed by atoms with E-state index in [1.54, 1.807) is 0 Å². The molecule has 0 radical (unpaired) electrons. The average molecular weight is 304 g/mol. The number of carboxylic acids is 1. The highest BCUT2D eigenvalue weighted by Crippen LogP contribution is 2.36. The standard InChI is InChI=1S/C17H20O3S/c1-11-5-4-6-12(9-11)21-10-15-16(17(18)19)13-7-2-3-8-14(13)20-15/h2-3,7-8,11-12H,4-6,9-10H2,1H3,(H,18,19). The van der Waals surface area contributed by atoms with E-state index in [2.05, 4.69) is 6.92 Å². The summed E-state index contributed by atoms with van der Waals surface area (Å²) in [4.78, 5) is 11.5. The van der Waals surface area contributed by atoms with E-state index in [-0.39, 0.29) is 0 Å². The molecule has 1 aliphatic carbocycles. The van der Waals surface area contributed by atoms with Gasteiger partial charge in [-0.05, 0) is 24.8 Å². The minimum atomic E-state index is -0.896. The van der Waals surface area contributed by atoms with E-state index >= 15 is 0 Å². The Morgan fingerprint density at radius 1 is 1.38 bits per heavy atom. The summed E-state index contributed by atoms with van der Waals surface area (Å²) < 4.78 is 5.78. The maximum Gasteiger partial charge on any atom is 0.339 e. The third-order valence-electron chi connectivity index (χ3n) is 4.22. The minimum Gasteiger partial charge on any atom is -0.478 e. The molecule has 3 nitrogen and oxygen atoms in total. The van der Waals surface area contributed by atoms with Crippen LogP contribution in [0.15, 0.2) is 28.7 Å². The Hall–Kier alpha value is -1.42. The zero-order valence-electron chi connectivity index (χ0n) is 12.2. The van der Waals surface area contributed by atoms with Crippen LogP contribution in [-0.2, 0) is 5.75 Å². The number of para-hydroxylation sites is 1. The molecule has 1 saturated carbocycles. The molecule has 1 heterocycles. The van der Waals surface area contributed by atoms with Crippen molar-refractivity contribution in [2.24, 2.45) is 5.92 Å². The van der Waals surface area contributed by atoms with E-state index in [1.807, 2.05) is 36.0 Å². The number of carbonyl (C=O) groups is 1. The SMILES string of the molecule is CC1CCCC(SCc2oc3ccccc3c2C(=O)O)C1. The van der Waals surface area contributed by atoms with Crippen molar-refractivity contribution in [1.82, 2.24) is 0 Å². The molecule has 2 atom stereocenters. The van der Waals surface area contributed by atoms with Gasteiger partial charge in [0.05, 0.1) is 5.75 Å². The van der Waals surface area contributed by atoms with Crippen LogP contribution in [0.1, 0.15) is 48.7 Å². The minimum absolute atomic E-state index is 0.335. The molecule has 0 saturated heterocycles. The third-order valence-corrected chi connectivity index (χ3v) is 5.55. The number of rotatable bonds is 4. The van der Waals surface area contributed by atoms with Crippen molar-refractivity contribution >= 4 is 28.7 Å². The lowest BCUT2D eigenvalue weighted by Gasteiger charge is -2.25. The summed E-state index contributed by atoms with van der Waals surface area (Å²) in [7, 11) is 0. The topological polar surface area (TPSA) is 50.4 Å². The number of fused-ring (bicyclic) bond motifs is 1. The highest BCUT2D eigenvalue weighted by Gasteiger charge is 2.23. The number of hydrogen-bond donors (Lipinski definition) is 1. The Bertz CT molecular complexity index is 647. The molecule has 21 heavy (non-hydrogen) atoms. The van der Waals surface area contributed by atoms with Gasteiger partial charge in [0.25, 0.3) is 0 Å². The number of thioether (sulfide) groups is 1. The molecular weight excluding hydrogens is 284 g/mol. The first-order chi connectivity index (χ1) is 10.1. The number of carboxylic acid groups (broad SMARTS) is 1. The summed E-state index contributed by atoms with van der Waals surface area (Å²) in [6.45, 7) is 2.30. The molecule has 0 aliphatic heterocycles. The van der Waals surface area contributed by atoms with Crippen molar-refractivity contribution in [2.75, 3.05) is 0 Å². The second-order valence-electron chi connectivity index (χ2n) is 5.91. The van der Waals surface area contributed by atoms with Crippen molar-refractivity contribution in [3.63, 3.8) is 0 Å². The Labute approximate surface area is 128 Å². The second-order valence-corrected chi connectivity index (χ2v) is 7.20. The number of benzene rings is 1. The fourth-order valence-electron chi connectivity index (χ4n) is 3.16. The molecule has 2 aromatic rings. The lowest BCUT2D eigenvalue weighted by molar-refractivity contribution is 0.0697. The molecule has 0 bridgehead atoms. The zero-order valence-corrected chi connectivity index (χ0v) is 13.0. The van der Waals surface area contributed by atoms with Crippen LogP contribution in [0, 0.1) is 5.92 Å². The van der Waals surface area contributed by atoms with Crippen LogP contribution in [0.4, 0.5) is 0 Å². The molecule has 112 valence electrons. The van der Waals surface area contributed by atoms with E-state index in [0.29, 0.717) is 33.3 Å². The number of furan rings is 1. The first-order valence-electron chi connectivity index (χ1n) is 7.50. The van der Waals surface area contributed by atoms with E-state index in [4.69, 9.17) is 4.42 Å². The molecule has 1 aliphatic rings. The van der Waals surface area contributed by atoms with Crippen molar-refractivity contribution in [1.29, 1.82) is 0 Å². The molecule has 1 aromatic heterocycles. The van der Waals surface area contributed by atoms with Gasteiger partial charge in [0.15, 0.2) is 0 Å². The van der Waals surface area contributed by atoms with Crippen LogP contribution >= 0.6 is 11.8 Å². The van der Waals surface area contributed by atoms with Gasteiger partial charge in [-0.3, -0.25) is 0 Å². The van der Waals surface area contributed by atoms with Gasteiger partial charge in [-0.25, -0.2) is 4.79 Å². The molecule has 1 aromatic carbocycles. The fraction of sp³-hybridized carbons (Fsp3) is 0.471. The molecular formula is C17H20O3S. The highest BCUT2D eigenvalue weighted by atomic mass is 32.2. The van der Waals surface area contributed by atoms with Crippen molar-refractivity contribution in [3.05, 3.63) is 35.6 Å². The van der Waals surface area contributed by atoms with Gasteiger partial charge in [-0.2, -0.15) is 11.8 Å². The van der Waals surface area contributed by atoms with Crippen molar-refractivity contribution in [2.45, 2.75) is 43.6 Å². The van der Waals surface area contributed by atoms with Gasteiger partial charge in [0, 0.05) is 10.6 Å². The largest absolute Gasteiger partial charge is 0.478 e. The monoisotopic (exact) mass is 304 g/mol. The predicted molar refractivity (Wildman–Crippen MR) is 85.9 cm³/mol.